The summed E-state index contributed by atoms with van der Waals surface area (Å²) in [7, 11) is 1.72. The molecule has 3 rings (SSSR count). The van der Waals surface area contributed by atoms with Gasteiger partial charge in [-0.2, -0.15) is 0 Å². The summed E-state index contributed by atoms with van der Waals surface area (Å²) in [5.41, 5.74) is 1.35. The van der Waals surface area contributed by atoms with Crippen molar-refractivity contribution in [2.75, 3.05) is 46.4 Å². The molecule has 0 aromatic heterocycles. The van der Waals surface area contributed by atoms with E-state index >= 15 is 0 Å². The van der Waals surface area contributed by atoms with Gasteiger partial charge in [0.15, 0.2) is 0 Å². The third-order valence-corrected chi connectivity index (χ3v) is 7.34. The van der Waals surface area contributed by atoms with Gasteiger partial charge in [-0.3, -0.25) is 4.79 Å². The molecule has 0 spiro atoms. The largest absolute Gasteiger partial charge is 0.497 e. The van der Waals surface area contributed by atoms with Gasteiger partial charge in [-0.1, -0.05) is 15.9 Å². The molecule has 1 amide bonds. The number of ether oxygens (including phenoxy) is 1. The molecule has 0 bridgehead atoms. The summed E-state index contributed by atoms with van der Waals surface area (Å²) in [5, 5.41) is 9.07. The molecule has 2 saturated heterocycles. The average molecular weight is 467 g/mol. The van der Waals surface area contributed by atoms with Gasteiger partial charge >= 0.3 is 0 Å². The van der Waals surface area contributed by atoms with Crippen molar-refractivity contribution >= 4 is 21.8 Å². The number of aliphatic hydroxyl groups is 1. The predicted octanol–water partition coefficient (Wildman–Crippen LogP) is 3.72. The number of carbonyl (C=O) groups excluding carboxylic acids is 1. The number of hydrogen-bond acceptors (Lipinski definition) is 4. The minimum absolute atomic E-state index is 0.112. The van der Waals surface area contributed by atoms with Crippen LogP contribution < -0.4 is 4.74 Å². The molecule has 162 valence electrons. The number of halogens is 1. The average Bonchev–Trinajstić information content (AvgIpc) is 2.76. The quantitative estimate of drug-likeness (QED) is 0.633. The maximum Gasteiger partial charge on any atom is 0.248 e. The molecule has 0 aliphatic carbocycles. The Kier molecular flexibility index (Phi) is 8.82. The third-order valence-electron chi connectivity index (χ3n) is 6.56. The van der Waals surface area contributed by atoms with E-state index in [-0.39, 0.29) is 12.5 Å². The van der Waals surface area contributed by atoms with Crippen molar-refractivity contribution in [3.63, 3.8) is 0 Å². The number of benzene rings is 1. The van der Waals surface area contributed by atoms with Crippen LogP contribution in [0, 0.1) is 11.8 Å². The zero-order chi connectivity index (χ0) is 20.6. The second-order valence-corrected chi connectivity index (χ2v) is 9.45. The number of rotatable bonds is 8. The van der Waals surface area contributed by atoms with Crippen LogP contribution >= 0.6 is 15.9 Å². The molecule has 2 heterocycles. The van der Waals surface area contributed by atoms with Crippen LogP contribution in [-0.2, 0) is 11.2 Å². The van der Waals surface area contributed by atoms with Crippen LogP contribution in [0.15, 0.2) is 22.7 Å². The van der Waals surface area contributed by atoms with Crippen molar-refractivity contribution in [1.29, 1.82) is 0 Å². The minimum Gasteiger partial charge on any atom is -0.497 e. The Morgan fingerprint density at radius 2 is 2.00 bits per heavy atom. The molecular formula is C23H35BrN2O3. The summed E-state index contributed by atoms with van der Waals surface area (Å²) >= 11 is 3.68. The standard InChI is InChI=1S/C23H35BrN2O3/c1-29-21-6-7-22(24)20(15-21)14-18-8-12-25(13-9-18)10-2-4-19-5-3-11-26(16-19)23(28)17-27/h6-7,15,18-19,27H,2-5,8-14,16-17H2,1H3. The second kappa shape index (κ2) is 11.3. The summed E-state index contributed by atoms with van der Waals surface area (Å²) in [6, 6.07) is 6.25. The van der Waals surface area contributed by atoms with Crippen LogP contribution in [0.3, 0.4) is 0 Å². The summed E-state index contributed by atoms with van der Waals surface area (Å²) in [6.45, 7) is 4.83. The number of methoxy groups -OCH3 is 1. The Bertz CT molecular complexity index is 662. The summed E-state index contributed by atoms with van der Waals surface area (Å²) in [5.74, 6) is 2.16. The van der Waals surface area contributed by atoms with Crippen LogP contribution in [0.25, 0.3) is 0 Å². The lowest BCUT2D eigenvalue weighted by molar-refractivity contribution is -0.136. The fourth-order valence-electron chi connectivity index (χ4n) is 4.79. The van der Waals surface area contributed by atoms with Gasteiger partial charge in [-0.05, 0) is 100 Å². The van der Waals surface area contributed by atoms with E-state index in [2.05, 4.69) is 33.0 Å². The van der Waals surface area contributed by atoms with Gasteiger partial charge in [-0.25, -0.2) is 0 Å². The van der Waals surface area contributed by atoms with E-state index in [1.54, 1.807) is 7.11 Å². The van der Waals surface area contributed by atoms with E-state index in [0.717, 1.165) is 37.6 Å². The molecule has 5 nitrogen and oxygen atoms in total. The van der Waals surface area contributed by atoms with E-state index < -0.39 is 0 Å². The normalized spacial score (nSPS) is 21.3. The van der Waals surface area contributed by atoms with Gasteiger partial charge in [0, 0.05) is 17.6 Å². The van der Waals surface area contributed by atoms with Crippen molar-refractivity contribution in [2.24, 2.45) is 11.8 Å². The lowest BCUT2D eigenvalue weighted by Gasteiger charge is -2.34. The highest BCUT2D eigenvalue weighted by Crippen LogP contribution is 2.29. The van der Waals surface area contributed by atoms with Crippen LogP contribution in [0.4, 0.5) is 0 Å². The summed E-state index contributed by atoms with van der Waals surface area (Å²) in [6.07, 6.45) is 8.30. The van der Waals surface area contributed by atoms with Gasteiger partial charge in [0.05, 0.1) is 7.11 Å². The molecule has 1 aromatic carbocycles. The molecule has 2 aliphatic heterocycles. The molecule has 0 radical (unpaired) electrons. The molecule has 1 atom stereocenters. The van der Waals surface area contributed by atoms with E-state index in [9.17, 15) is 4.79 Å². The van der Waals surface area contributed by atoms with Crippen LogP contribution in [0.1, 0.15) is 44.1 Å². The second-order valence-electron chi connectivity index (χ2n) is 8.59. The zero-order valence-electron chi connectivity index (χ0n) is 17.6. The Morgan fingerprint density at radius 3 is 2.72 bits per heavy atom. The van der Waals surface area contributed by atoms with E-state index in [1.807, 2.05) is 11.0 Å². The molecule has 1 aromatic rings. The maximum absolute atomic E-state index is 11.7. The predicted molar refractivity (Wildman–Crippen MR) is 119 cm³/mol. The van der Waals surface area contributed by atoms with E-state index in [4.69, 9.17) is 9.84 Å². The molecule has 1 N–H and O–H groups in total. The Labute approximate surface area is 183 Å². The van der Waals surface area contributed by atoms with Crippen LogP contribution in [0.5, 0.6) is 5.75 Å². The monoisotopic (exact) mass is 466 g/mol. The van der Waals surface area contributed by atoms with E-state index in [0.29, 0.717) is 5.92 Å². The molecule has 29 heavy (non-hydrogen) atoms. The number of hydrogen-bond donors (Lipinski definition) is 1. The van der Waals surface area contributed by atoms with Crippen molar-refractivity contribution in [3.05, 3.63) is 28.2 Å². The highest BCUT2D eigenvalue weighted by atomic mass is 79.9. The fourth-order valence-corrected chi connectivity index (χ4v) is 5.20. The van der Waals surface area contributed by atoms with Gasteiger partial charge in [-0.15, -0.1) is 0 Å². The topological polar surface area (TPSA) is 53.0 Å². The summed E-state index contributed by atoms with van der Waals surface area (Å²) < 4.78 is 6.56. The molecule has 2 aliphatic rings. The first-order valence-electron chi connectivity index (χ1n) is 11.0. The SMILES string of the molecule is COc1ccc(Br)c(CC2CCN(CCCC3CCCN(C(=O)CO)C3)CC2)c1. The summed E-state index contributed by atoms with van der Waals surface area (Å²) in [4.78, 5) is 16.2. The number of amides is 1. The number of piperidine rings is 2. The first-order valence-corrected chi connectivity index (χ1v) is 11.8. The molecule has 1 unspecified atom stereocenters. The molecular weight excluding hydrogens is 432 g/mol. The highest BCUT2D eigenvalue weighted by molar-refractivity contribution is 9.10. The van der Waals surface area contributed by atoms with Gasteiger partial charge < -0.3 is 19.6 Å². The van der Waals surface area contributed by atoms with Gasteiger partial charge in [0.1, 0.15) is 12.4 Å². The zero-order valence-corrected chi connectivity index (χ0v) is 19.2. The smallest absolute Gasteiger partial charge is 0.248 e. The van der Waals surface area contributed by atoms with E-state index in [1.165, 1.54) is 61.8 Å². The third kappa shape index (κ3) is 6.69. The van der Waals surface area contributed by atoms with Crippen LogP contribution in [0.2, 0.25) is 0 Å². The lowest BCUT2D eigenvalue weighted by atomic mass is 9.89. The Balaban J connectivity index is 1.35. The Hall–Kier alpha value is -1.11. The van der Waals surface area contributed by atoms with Crippen molar-refractivity contribution in [2.45, 2.75) is 44.9 Å². The number of likely N-dealkylation sites (tertiary alicyclic amines) is 2. The van der Waals surface area contributed by atoms with Crippen molar-refractivity contribution < 1.29 is 14.6 Å². The van der Waals surface area contributed by atoms with Crippen LogP contribution in [-0.4, -0.2) is 67.3 Å². The molecule has 6 heteroatoms. The van der Waals surface area contributed by atoms with Crippen molar-refractivity contribution in [1.82, 2.24) is 9.80 Å². The van der Waals surface area contributed by atoms with Gasteiger partial charge in [0.2, 0.25) is 5.91 Å². The molecule has 0 saturated carbocycles. The Morgan fingerprint density at radius 1 is 1.21 bits per heavy atom. The van der Waals surface area contributed by atoms with Crippen molar-refractivity contribution in [3.8, 4) is 5.75 Å². The fraction of sp³-hybridized carbons (Fsp3) is 0.696. The first kappa shape index (κ1) is 22.6. The highest BCUT2D eigenvalue weighted by Gasteiger charge is 2.24. The number of nitrogens with zero attached hydrogens (tertiary/aromatic N) is 2. The number of carbonyl (C=O) groups is 1. The first-order chi connectivity index (χ1) is 14.1. The minimum atomic E-state index is -0.353. The maximum atomic E-state index is 11.7. The van der Waals surface area contributed by atoms with Gasteiger partial charge in [0.25, 0.3) is 0 Å². The molecule has 2 fully saturated rings. The number of aliphatic hydroxyl groups excluding tert-OH is 1. The lowest BCUT2D eigenvalue weighted by Crippen LogP contribution is -2.41.